The van der Waals surface area contributed by atoms with E-state index in [1.165, 1.54) is 32.1 Å². The number of rotatable bonds is 6. The van der Waals surface area contributed by atoms with Crippen LogP contribution in [0, 0.1) is 5.92 Å². The summed E-state index contributed by atoms with van der Waals surface area (Å²) in [7, 11) is 1.86. The molecule has 0 heterocycles. The van der Waals surface area contributed by atoms with E-state index in [2.05, 4.69) is 10.6 Å². The van der Waals surface area contributed by atoms with E-state index in [1.54, 1.807) is 0 Å². The Morgan fingerprint density at radius 2 is 2.06 bits per heavy atom. The molecule has 1 aliphatic rings. The second-order valence-corrected chi connectivity index (χ2v) is 4.66. The summed E-state index contributed by atoms with van der Waals surface area (Å²) in [5, 5.41) is 6.04. The van der Waals surface area contributed by atoms with Gasteiger partial charge in [0.25, 0.3) is 0 Å². The SMILES string of the molecule is CNCCC(=O)NC(CN)C1CCCCC1. The maximum Gasteiger partial charge on any atom is 0.221 e. The van der Waals surface area contributed by atoms with Crippen molar-refractivity contribution in [2.24, 2.45) is 11.7 Å². The van der Waals surface area contributed by atoms with Crippen molar-refractivity contribution in [1.82, 2.24) is 10.6 Å². The average molecular weight is 227 g/mol. The Morgan fingerprint density at radius 3 is 2.62 bits per heavy atom. The first-order chi connectivity index (χ1) is 7.77. The van der Waals surface area contributed by atoms with Gasteiger partial charge in [0.2, 0.25) is 5.91 Å². The summed E-state index contributed by atoms with van der Waals surface area (Å²) in [4.78, 5) is 11.6. The summed E-state index contributed by atoms with van der Waals surface area (Å²) in [6, 6.07) is 0.185. The van der Waals surface area contributed by atoms with Gasteiger partial charge in [-0.2, -0.15) is 0 Å². The minimum Gasteiger partial charge on any atom is -0.352 e. The van der Waals surface area contributed by atoms with Gasteiger partial charge in [0.1, 0.15) is 0 Å². The Kier molecular flexibility index (Phi) is 6.42. The molecule has 1 aliphatic carbocycles. The predicted octanol–water partition coefficient (Wildman–Crippen LogP) is 0.620. The molecule has 0 aromatic heterocycles. The van der Waals surface area contributed by atoms with E-state index in [-0.39, 0.29) is 11.9 Å². The van der Waals surface area contributed by atoms with Crippen LogP contribution < -0.4 is 16.4 Å². The van der Waals surface area contributed by atoms with Crippen LogP contribution in [0.2, 0.25) is 0 Å². The van der Waals surface area contributed by atoms with E-state index < -0.39 is 0 Å². The second kappa shape index (κ2) is 7.63. The van der Waals surface area contributed by atoms with Crippen molar-refractivity contribution in [2.45, 2.75) is 44.6 Å². The molecule has 1 unspecified atom stereocenters. The molecule has 16 heavy (non-hydrogen) atoms. The fraction of sp³-hybridized carbons (Fsp3) is 0.917. The first-order valence-corrected chi connectivity index (χ1v) is 6.42. The van der Waals surface area contributed by atoms with Gasteiger partial charge in [0.15, 0.2) is 0 Å². The van der Waals surface area contributed by atoms with Gasteiger partial charge in [-0.1, -0.05) is 19.3 Å². The summed E-state index contributed by atoms with van der Waals surface area (Å²) in [6.07, 6.45) is 6.88. The molecule has 0 aliphatic heterocycles. The van der Waals surface area contributed by atoms with Gasteiger partial charge in [0, 0.05) is 25.6 Å². The second-order valence-electron chi connectivity index (χ2n) is 4.66. The van der Waals surface area contributed by atoms with Gasteiger partial charge in [0.05, 0.1) is 0 Å². The van der Waals surface area contributed by atoms with Crippen molar-refractivity contribution < 1.29 is 4.79 Å². The molecular formula is C12H25N3O. The molecule has 1 fully saturated rings. The normalized spacial score (nSPS) is 19.4. The summed E-state index contributed by atoms with van der Waals surface area (Å²) < 4.78 is 0. The summed E-state index contributed by atoms with van der Waals surface area (Å²) in [6.45, 7) is 1.30. The number of carbonyl (C=O) groups excluding carboxylic acids is 1. The maximum atomic E-state index is 11.6. The van der Waals surface area contributed by atoms with Crippen LogP contribution in [0.4, 0.5) is 0 Å². The smallest absolute Gasteiger partial charge is 0.221 e. The largest absolute Gasteiger partial charge is 0.352 e. The van der Waals surface area contributed by atoms with Gasteiger partial charge in [-0.3, -0.25) is 4.79 Å². The Bertz CT molecular complexity index is 202. The van der Waals surface area contributed by atoms with Gasteiger partial charge in [-0.05, 0) is 25.8 Å². The Labute approximate surface area is 98.3 Å². The maximum absolute atomic E-state index is 11.6. The molecule has 4 N–H and O–H groups in total. The minimum atomic E-state index is 0.121. The lowest BCUT2D eigenvalue weighted by Crippen LogP contribution is -2.46. The number of carbonyl (C=O) groups is 1. The third-order valence-electron chi connectivity index (χ3n) is 3.42. The molecule has 0 radical (unpaired) electrons. The van der Waals surface area contributed by atoms with Crippen molar-refractivity contribution in [2.75, 3.05) is 20.1 Å². The quantitative estimate of drug-likeness (QED) is 0.623. The monoisotopic (exact) mass is 227 g/mol. The highest BCUT2D eigenvalue weighted by molar-refractivity contribution is 5.76. The molecule has 4 nitrogen and oxygen atoms in total. The topological polar surface area (TPSA) is 67.2 Å². The van der Waals surface area contributed by atoms with E-state index >= 15 is 0 Å². The van der Waals surface area contributed by atoms with Crippen LogP contribution in [0.3, 0.4) is 0 Å². The van der Waals surface area contributed by atoms with E-state index in [9.17, 15) is 4.79 Å². The summed E-state index contributed by atoms with van der Waals surface area (Å²) >= 11 is 0. The van der Waals surface area contributed by atoms with Crippen molar-refractivity contribution in [3.63, 3.8) is 0 Å². The molecule has 1 rings (SSSR count). The van der Waals surface area contributed by atoms with Crippen molar-refractivity contribution >= 4 is 5.91 Å². The molecule has 0 aromatic rings. The van der Waals surface area contributed by atoms with Crippen LogP contribution in [0.15, 0.2) is 0 Å². The average Bonchev–Trinajstić information content (AvgIpc) is 2.34. The molecule has 4 heteroatoms. The number of hydrogen-bond donors (Lipinski definition) is 3. The number of hydrogen-bond acceptors (Lipinski definition) is 3. The van der Waals surface area contributed by atoms with Crippen LogP contribution in [0.1, 0.15) is 38.5 Å². The zero-order valence-corrected chi connectivity index (χ0v) is 10.3. The van der Waals surface area contributed by atoms with Crippen molar-refractivity contribution in [3.05, 3.63) is 0 Å². The third-order valence-corrected chi connectivity index (χ3v) is 3.42. The van der Waals surface area contributed by atoms with Crippen LogP contribution >= 0.6 is 0 Å². The molecule has 0 saturated heterocycles. The highest BCUT2D eigenvalue weighted by atomic mass is 16.1. The van der Waals surface area contributed by atoms with E-state index in [0.29, 0.717) is 18.9 Å². The molecule has 0 bridgehead atoms. The highest BCUT2D eigenvalue weighted by Crippen LogP contribution is 2.26. The Balaban J connectivity index is 2.32. The zero-order chi connectivity index (χ0) is 11.8. The van der Waals surface area contributed by atoms with E-state index in [4.69, 9.17) is 5.73 Å². The summed E-state index contributed by atoms with van der Waals surface area (Å²) in [5.74, 6) is 0.715. The predicted molar refractivity (Wildman–Crippen MR) is 66.1 cm³/mol. The molecule has 1 saturated carbocycles. The van der Waals surface area contributed by atoms with Crippen LogP contribution in [-0.2, 0) is 4.79 Å². The standard InChI is InChI=1S/C12H25N3O/c1-14-8-7-12(16)15-11(9-13)10-5-3-2-4-6-10/h10-11,14H,2-9,13H2,1H3,(H,15,16). The molecule has 1 amide bonds. The van der Waals surface area contributed by atoms with E-state index in [1.807, 2.05) is 7.05 Å². The fourth-order valence-corrected chi connectivity index (χ4v) is 2.42. The molecule has 1 atom stereocenters. The highest BCUT2D eigenvalue weighted by Gasteiger charge is 2.23. The molecular weight excluding hydrogens is 202 g/mol. The van der Waals surface area contributed by atoms with Crippen LogP contribution in [-0.4, -0.2) is 32.1 Å². The number of amides is 1. The lowest BCUT2D eigenvalue weighted by atomic mass is 9.84. The van der Waals surface area contributed by atoms with Gasteiger partial charge in [-0.15, -0.1) is 0 Å². The summed E-state index contributed by atoms with van der Waals surface area (Å²) in [5.41, 5.74) is 5.75. The Hall–Kier alpha value is -0.610. The molecule has 94 valence electrons. The van der Waals surface area contributed by atoms with Crippen LogP contribution in [0.5, 0.6) is 0 Å². The Morgan fingerprint density at radius 1 is 1.38 bits per heavy atom. The van der Waals surface area contributed by atoms with Crippen molar-refractivity contribution in [1.29, 1.82) is 0 Å². The lowest BCUT2D eigenvalue weighted by molar-refractivity contribution is -0.122. The number of nitrogens with two attached hydrogens (primary N) is 1. The minimum absolute atomic E-state index is 0.121. The third kappa shape index (κ3) is 4.49. The zero-order valence-electron chi connectivity index (χ0n) is 10.3. The van der Waals surface area contributed by atoms with Gasteiger partial charge < -0.3 is 16.4 Å². The molecule has 0 spiro atoms. The van der Waals surface area contributed by atoms with E-state index in [0.717, 1.165) is 6.54 Å². The first kappa shape index (κ1) is 13.5. The molecule has 0 aromatic carbocycles. The fourth-order valence-electron chi connectivity index (χ4n) is 2.42. The van der Waals surface area contributed by atoms with Gasteiger partial charge in [-0.25, -0.2) is 0 Å². The first-order valence-electron chi connectivity index (χ1n) is 6.42. The van der Waals surface area contributed by atoms with Crippen LogP contribution in [0.25, 0.3) is 0 Å². The lowest BCUT2D eigenvalue weighted by Gasteiger charge is -2.30. The van der Waals surface area contributed by atoms with Crippen molar-refractivity contribution in [3.8, 4) is 0 Å². The van der Waals surface area contributed by atoms with Gasteiger partial charge >= 0.3 is 0 Å². The number of nitrogens with one attached hydrogen (secondary N) is 2.